The van der Waals surface area contributed by atoms with Gasteiger partial charge in [-0.25, -0.2) is 0 Å². The van der Waals surface area contributed by atoms with Gasteiger partial charge < -0.3 is 10.1 Å². The van der Waals surface area contributed by atoms with Crippen molar-refractivity contribution in [2.75, 3.05) is 19.7 Å². The molecule has 0 aliphatic carbocycles. The first-order chi connectivity index (χ1) is 7.95. The van der Waals surface area contributed by atoms with E-state index >= 15 is 0 Å². The number of hydrogen-bond donors (Lipinski definition) is 1. The molecule has 0 unspecified atom stereocenters. The molecule has 1 saturated heterocycles. The zero-order valence-corrected chi connectivity index (χ0v) is 9.41. The zero-order chi connectivity index (χ0) is 11.1. The summed E-state index contributed by atoms with van der Waals surface area (Å²) in [4.78, 5) is 0. The first-order valence-corrected chi connectivity index (χ1v) is 5.81. The van der Waals surface area contributed by atoms with Gasteiger partial charge in [-0.3, -0.25) is 0 Å². The Labute approximate surface area is 97.0 Å². The average Bonchev–Trinajstić information content (AvgIpc) is 2.83. The van der Waals surface area contributed by atoms with Crippen LogP contribution in [0.25, 0.3) is 0 Å². The Kier molecular flexibility index (Phi) is 4.42. The molecule has 1 aromatic rings. The lowest BCUT2D eigenvalue weighted by Gasteiger charge is -2.07. The van der Waals surface area contributed by atoms with Crippen LogP contribution in [0.4, 0.5) is 0 Å². The summed E-state index contributed by atoms with van der Waals surface area (Å²) in [6, 6.07) is 10.1. The molecule has 0 radical (unpaired) electrons. The fraction of sp³-hybridized carbons (Fsp3) is 0.429. The second-order valence-electron chi connectivity index (χ2n) is 3.93. The minimum atomic E-state index is 0.401. The number of ether oxygens (including phenoxy) is 1. The molecule has 0 amide bonds. The Morgan fingerprint density at radius 2 is 2.19 bits per heavy atom. The standard InChI is InChI=1S/C14H17NO/c1-2-6-13(7-3-1)8-4-10-15-12-14-9-5-11-16-14/h1-3,6-7,14-15H,5,9-12H2/t14-/m0/s1. The molecule has 0 spiro atoms. The molecule has 1 heterocycles. The monoisotopic (exact) mass is 215 g/mol. The van der Waals surface area contributed by atoms with Gasteiger partial charge in [-0.05, 0) is 25.0 Å². The molecule has 1 aliphatic rings. The average molecular weight is 215 g/mol. The maximum absolute atomic E-state index is 5.51. The van der Waals surface area contributed by atoms with Crippen molar-refractivity contribution in [1.82, 2.24) is 5.32 Å². The summed E-state index contributed by atoms with van der Waals surface area (Å²) in [5.74, 6) is 6.23. The van der Waals surface area contributed by atoms with E-state index in [4.69, 9.17) is 4.74 Å². The zero-order valence-electron chi connectivity index (χ0n) is 9.41. The van der Waals surface area contributed by atoms with Crippen LogP contribution in [0.5, 0.6) is 0 Å². The lowest BCUT2D eigenvalue weighted by atomic mass is 10.2. The van der Waals surface area contributed by atoms with Gasteiger partial charge in [0.05, 0.1) is 12.6 Å². The summed E-state index contributed by atoms with van der Waals surface area (Å²) < 4.78 is 5.51. The summed E-state index contributed by atoms with van der Waals surface area (Å²) in [6.07, 6.45) is 2.78. The van der Waals surface area contributed by atoms with E-state index in [9.17, 15) is 0 Å². The molecule has 1 aliphatic heterocycles. The number of benzene rings is 1. The van der Waals surface area contributed by atoms with E-state index < -0.39 is 0 Å². The van der Waals surface area contributed by atoms with Crippen LogP contribution in [0.1, 0.15) is 18.4 Å². The van der Waals surface area contributed by atoms with E-state index in [-0.39, 0.29) is 0 Å². The Hall–Kier alpha value is -1.30. The van der Waals surface area contributed by atoms with Gasteiger partial charge in [-0.2, -0.15) is 0 Å². The molecule has 2 rings (SSSR count). The SMILES string of the molecule is C(#Cc1ccccc1)CNC[C@@H]1CCCO1. The third-order valence-corrected chi connectivity index (χ3v) is 2.62. The maximum Gasteiger partial charge on any atom is 0.0700 e. The number of hydrogen-bond acceptors (Lipinski definition) is 2. The van der Waals surface area contributed by atoms with E-state index in [1.54, 1.807) is 0 Å². The molecular weight excluding hydrogens is 198 g/mol. The molecule has 2 heteroatoms. The molecular formula is C14H17NO. The Morgan fingerprint density at radius 1 is 1.31 bits per heavy atom. The normalized spacial score (nSPS) is 19.1. The Bertz CT molecular complexity index is 357. The molecule has 1 fully saturated rings. The minimum Gasteiger partial charge on any atom is -0.377 e. The van der Waals surface area contributed by atoms with E-state index in [0.29, 0.717) is 6.10 Å². The second kappa shape index (κ2) is 6.32. The fourth-order valence-corrected chi connectivity index (χ4v) is 1.77. The Balaban J connectivity index is 1.66. The van der Waals surface area contributed by atoms with Crippen LogP contribution >= 0.6 is 0 Å². The van der Waals surface area contributed by atoms with Crippen LogP contribution in [-0.2, 0) is 4.74 Å². The highest BCUT2D eigenvalue weighted by Crippen LogP contribution is 2.10. The highest BCUT2D eigenvalue weighted by atomic mass is 16.5. The second-order valence-corrected chi connectivity index (χ2v) is 3.93. The van der Waals surface area contributed by atoms with Crippen molar-refractivity contribution in [2.24, 2.45) is 0 Å². The Morgan fingerprint density at radius 3 is 2.94 bits per heavy atom. The van der Waals surface area contributed by atoms with Crippen LogP contribution in [0, 0.1) is 11.8 Å². The molecule has 2 nitrogen and oxygen atoms in total. The van der Waals surface area contributed by atoms with Crippen molar-refractivity contribution < 1.29 is 4.74 Å². The lowest BCUT2D eigenvalue weighted by molar-refractivity contribution is 0.111. The summed E-state index contributed by atoms with van der Waals surface area (Å²) in [6.45, 7) is 2.57. The fourth-order valence-electron chi connectivity index (χ4n) is 1.77. The van der Waals surface area contributed by atoms with Gasteiger partial charge in [-0.15, -0.1) is 0 Å². The van der Waals surface area contributed by atoms with Gasteiger partial charge in [0.15, 0.2) is 0 Å². The third-order valence-electron chi connectivity index (χ3n) is 2.62. The van der Waals surface area contributed by atoms with Gasteiger partial charge in [0.25, 0.3) is 0 Å². The van der Waals surface area contributed by atoms with E-state index in [2.05, 4.69) is 17.2 Å². The van der Waals surface area contributed by atoms with Gasteiger partial charge in [0.2, 0.25) is 0 Å². The summed E-state index contributed by atoms with van der Waals surface area (Å²) in [5, 5.41) is 3.30. The summed E-state index contributed by atoms with van der Waals surface area (Å²) in [5.41, 5.74) is 1.07. The number of rotatable bonds is 3. The van der Waals surface area contributed by atoms with Crippen LogP contribution in [0.15, 0.2) is 30.3 Å². The van der Waals surface area contributed by atoms with Crippen molar-refractivity contribution in [1.29, 1.82) is 0 Å². The predicted molar refractivity (Wildman–Crippen MR) is 65.2 cm³/mol. The van der Waals surface area contributed by atoms with Gasteiger partial charge >= 0.3 is 0 Å². The van der Waals surface area contributed by atoms with Gasteiger partial charge in [0, 0.05) is 18.7 Å². The van der Waals surface area contributed by atoms with E-state index in [0.717, 1.165) is 25.3 Å². The van der Waals surface area contributed by atoms with E-state index in [1.807, 2.05) is 30.3 Å². The molecule has 1 N–H and O–H groups in total. The van der Waals surface area contributed by atoms with Crippen molar-refractivity contribution in [3.05, 3.63) is 35.9 Å². The van der Waals surface area contributed by atoms with Crippen LogP contribution in [-0.4, -0.2) is 25.8 Å². The first-order valence-electron chi connectivity index (χ1n) is 5.81. The molecule has 1 aromatic carbocycles. The quantitative estimate of drug-likeness (QED) is 0.613. The van der Waals surface area contributed by atoms with E-state index in [1.165, 1.54) is 12.8 Å². The highest BCUT2D eigenvalue weighted by molar-refractivity contribution is 5.33. The topological polar surface area (TPSA) is 21.3 Å². The van der Waals surface area contributed by atoms with Crippen molar-refractivity contribution >= 4 is 0 Å². The van der Waals surface area contributed by atoms with Gasteiger partial charge in [0.1, 0.15) is 0 Å². The minimum absolute atomic E-state index is 0.401. The van der Waals surface area contributed by atoms with Crippen molar-refractivity contribution in [3.63, 3.8) is 0 Å². The number of nitrogens with one attached hydrogen (secondary N) is 1. The molecule has 1 atom stereocenters. The van der Waals surface area contributed by atoms with Crippen LogP contribution in [0.2, 0.25) is 0 Å². The smallest absolute Gasteiger partial charge is 0.0700 e. The molecule has 0 aromatic heterocycles. The van der Waals surface area contributed by atoms with Gasteiger partial charge in [-0.1, -0.05) is 30.0 Å². The third kappa shape index (κ3) is 3.69. The molecule has 0 saturated carbocycles. The largest absolute Gasteiger partial charge is 0.377 e. The highest BCUT2D eigenvalue weighted by Gasteiger charge is 2.13. The first kappa shape index (κ1) is 11.2. The molecule has 16 heavy (non-hydrogen) atoms. The van der Waals surface area contributed by atoms with Crippen LogP contribution in [0.3, 0.4) is 0 Å². The lowest BCUT2D eigenvalue weighted by Crippen LogP contribution is -2.26. The predicted octanol–water partition coefficient (Wildman–Crippen LogP) is 1.81. The van der Waals surface area contributed by atoms with Crippen molar-refractivity contribution in [2.45, 2.75) is 18.9 Å². The summed E-state index contributed by atoms with van der Waals surface area (Å²) in [7, 11) is 0. The maximum atomic E-state index is 5.51. The molecule has 0 bridgehead atoms. The molecule has 84 valence electrons. The van der Waals surface area contributed by atoms with Crippen LogP contribution < -0.4 is 5.32 Å². The van der Waals surface area contributed by atoms with Crippen molar-refractivity contribution in [3.8, 4) is 11.8 Å². The summed E-state index contributed by atoms with van der Waals surface area (Å²) >= 11 is 0.